The molecule has 0 aliphatic carbocycles. The predicted octanol–water partition coefficient (Wildman–Crippen LogP) is 19.9. The summed E-state index contributed by atoms with van der Waals surface area (Å²) in [6, 6.07) is 0. The number of carbonyl (C=O) groups excluding carboxylic acids is 3. The minimum absolute atomic E-state index is 0.0954. The molecule has 0 fully saturated rings. The summed E-state index contributed by atoms with van der Waals surface area (Å²) < 4.78 is 16.9. The normalized spacial score (nSPS) is 12.9. The zero-order chi connectivity index (χ0) is 51.4. The fourth-order valence-corrected chi connectivity index (χ4v) is 7.82. The standard InChI is InChI=1S/C65H108O6/c1-4-7-10-13-16-19-22-25-27-29-31-32-34-35-37-40-43-46-49-52-55-58-64(67)70-61-62(60-69-63(66)57-54-51-48-45-42-39-24-21-18-15-12-9-6-3)71-65(68)59-56-53-50-47-44-41-38-36-33-30-28-26-23-20-17-14-11-8-5-2/h7,10,16-17,19-21,24-28,31-33,35-37,62H,4-6,8-9,11-15,18,22-23,29-30,34,38-61H2,1-3H3/b10-7-,19-16-,20-17-,24-21-,27-25-,28-26-,32-31-,36-33-,37-35-. The Kier molecular flexibility index (Phi) is 55.4. The van der Waals surface area contributed by atoms with Crippen LogP contribution >= 0.6 is 0 Å². The number of rotatable bonds is 52. The van der Waals surface area contributed by atoms with Gasteiger partial charge in [0.2, 0.25) is 0 Å². The Morgan fingerprint density at radius 3 is 0.901 bits per heavy atom. The molecule has 0 bridgehead atoms. The maximum atomic E-state index is 12.9. The SMILES string of the molecule is CC/C=C\C/C=C\C/C=C\C/C=C\C/C=C\CCCCCCCC(=O)OCC(COC(=O)CCCCCCC/C=C\CCCCCC)OC(=O)CCCCCCCC/C=C\C/C=C\C/C=C\CCCCC. The molecular weight excluding hydrogens is 877 g/mol. The van der Waals surface area contributed by atoms with Crippen LogP contribution in [0.1, 0.15) is 265 Å². The molecule has 0 rings (SSSR count). The van der Waals surface area contributed by atoms with Crippen LogP contribution in [0, 0.1) is 0 Å². The van der Waals surface area contributed by atoms with Crippen LogP contribution in [0.2, 0.25) is 0 Å². The molecule has 0 aromatic rings. The minimum atomic E-state index is -0.799. The fourth-order valence-electron chi connectivity index (χ4n) is 7.82. The van der Waals surface area contributed by atoms with Gasteiger partial charge in [-0.3, -0.25) is 14.4 Å². The molecule has 1 unspecified atom stereocenters. The number of hydrogen-bond acceptors (Lipinski definition) is 6. The van der Waals surface area contributed by atoms with E-state index in [4.69, 9.17) is 14.2 Å². The summed E-state index contributed by atoms with van der Waals surface area (Å²) >= 11 is 0. The van der Waals surface area contributed by atoms with Gasteiger partial charge in [0.05, 0.1) is 0 Å². The number of ether oxygens (including phenoxy) is 3. The van der Waals surface area contributed by atoms with E-state index in [0.29, 0.717) is 19.3 Å². The minimum Gasteiger partial charge on any atom is -0.462 e. The Morgan fingerprint density at radius 1 is 0.296 bits per heavy atom. The lowest BCUT2D eigenvalue weighted by Gasteiger charge is -2.18. The van der Waals surface area contributed by atoms with Crippen LogP contribution in [-0.2, 0) is 28.6 Å². The average molecular weight is 986 g/mol. The van der Waals surface area contributed by atoms with Crippen molar-refractivity contribution in [2.75, 3.05) is 13.2 Å². The fraction of sp³-hybridized carbons (Fsp3) is 0.677. The Bertz CT molecular complexity index is 1460. The van der Waals surface area contributed by atoms with Crippen LogP contribution in [-0.4, -0.2) is 37.2 Å². The molecule has 0 aromatic heterocycles. The molecule has 0 heterocycles. The van der Waals surface area contributed by atoms with Crippen LogP contribution in [0.3, 0.4) is 0 Å². The number of allylic oxidation sites excluding steroid dienone is 18. The molecule has 0 spiro atoms. The second-order valence-corrected chi connectivity index (χ2v) is 19.2. The van der Waals surface area contributed by atoms with Crippen molar-refractivity contribution in [3.05, 3.63) is 109 Å². The monoisotopic (exact) mass is 985 g/mol. The van der Waals surface area contributed by atoms with E-state index in [0.717, 1.165) is 148 Å². The summed E-state index contributed by atoms with van der Waals surface area (Å²) in [6.45, 7) is 6.45. The Labute approximate surface area is 438 Å². The smallest absolute Gasteiger partial charge is 0.306 e. The van der Waals surface area contributed by atoms with Crippen molar-refractivity contribution in [2.45, 2.75) is 271 Å². The summed E-state index contributed by atoms with van der Waals surface area (Å²) in [6.07, 6.45) is 79.3. The summed E-state index contributed by atoms with van der Waals surface area (Å²) in [5.41, 5.74) is 0. The van der Waals surface area contributed by atoms with E-state index in [1.54, 1.807) is 0 Å². The van der Waals surface area contributed by atoms with Crippen molar-refractivity contribution >= 4 is 17.9 Å². The molecule has 0 aliphatic heterocycles. The lowest BCUT2D eigenvalue weighted by molar-refractivity contribution is -0.167. The summed E-state index contributed by atoms with van der Waals surface area (Å²) in [5, 5.41) is 0. The topological polar surface area (TPSA) is 78.9 Å². The van der Waals surface area contributed by atoms with Gasteiger partial charge in [-0.1, -0.05) is 226 Å². The first-order chi connectivity index (χ1) is 35.0. The highest BCUT2D eigenvalue weighted by Gasteiger charge is 2.19. The first-order valence-corrected chi connectivity index (χ1v) is 29.4. The summed E-state index contributed by atoms with van der Waals surface area (Å²) in [7, 11) is 0. The van der Waals surface area contributed by atoms with Crippen molar-refractivity contribution in [3.63, 3.8) is 0 Å². The lowest BCUT2D eigenvalue weighted by Crippen LogP contribution is -2.30. The van der Waals surface area contributed by atoms with Gasteiger partial charge >= 0.3 is 17.9 Å². The molecule has 0 aliphatic rings. The molecule has 0 saturated heterocycles. The number of hydrogen-bond donors (Lipinski definition) is 0. The van der Waals surface area contributed by atoms with Gasteiger partial charge in [0.25, 0.3) is 0 Å². The molecule has 6 heteroatoms. The molecule has 0 radical (unpaired) electrons. The van der Waals surface area contributed by atoms with E-state index < -0.39 is 6.10 Å². The number of unbranched alkanes of at least 4 members (excludes halogenated alkanes) is 23. The first kappa shape index (κ1) is 67.1. The highest BCUT2D eigenvalue weighted by atomic mass is 16.6. The van der Waals surface area contributed by atoms with Crippen molar-refractivity contribution in [3.8, 4) is 0 Å². The van der Waals surface area contributed by atoms with E-state index in [1.165, 1.54) is 77.0 Å². The van der Waals surface area contributed by atoms with Crippen LogP contribution in [0.15, 0.2) is 109 Å². The van der Waals surface area contributed by atoms with E-state index in [2.05, 4.69) is 130 Å². The molecule has 0 N–H and O–H groups in total. The molecule has 1 atom stereocenters. The third-order valence-electron chi connectivity index (χ3n) is 12.2. The largest absolute Gasteiger partial charge is 0.462 e. The van der Waals surface area contributed by atoms with E-state index in [1.807, 2.05) is 0 Å². The van der Waals surface area contributed by atoms with Crippen LogP contribution in [0.25, 0.3) is 0 Å². The van der Waals surface area contributed by atoms with Gasteiger partial charge in [0.15, 0.2) is 6.10 Å². The lowest BCUT2D eigenvalue weighted by atomic mass is 10.1. The zero-order valence-corrected chi connectivity index (χ0v) is 46.2. The Balaban J connectivity index is 4.45. The average Bonchev–Trinajstić information content (AvgIpc) is 3.37. The molecule has 0 amide bonds. The van der Waals surface area contributed by atoms with Crippen molar-refractivity contribution in [1.29, 1.82) is 0 Å². The maximum absolute atomic E-state index is 12.9. The molecule has 6 nitrogen and oxygen atoms in total. The molecule has 71 heavy (non-hydrogen) atoms. The van der Waals surface area contributed by atoms with Crippen LogP contribution in [0.5, 0.6) is 0 Å². The van der Waals surface area contributed by atoms with Gasteiger partial charge in [-0.25, -0.2) is 0 Å². The van der Waals surface area contributed by atoms with Gasteiger partial charge < -0.3 is 14.2 Å². The van der Waals surface area contributed by atoms with Gasteiger partial charge in [-0.2, -0.15) is 0 Å². The van der Waals surface area contributed by atoms with Gasteiger partial charge in [0.1, 0.15) is 13.2 Å². The molecular formula is C65H108O6. The van der Waals surface area contributed by atoms with Crippen molar-refractivity contribution < 1.29 is 28.6 Å². The van der Waals surface area contributed by atoms with Gasteiger partial charge in [-0.05, 0) is 128 Å². The number of esters is 3. The Hall–Kier alpha value is -3.93. The van der Waals surface area contributed by atoms with E-state index >= 15 is 0 Å². The zero-order valence-electron chi connectivity index (χ0n) is 46.2. The van der Waals surface area contributed by atoms with Crippen molar-refractivity contribution in [1.82, 2.24) is 0 Å². The second-order valence-electron chi connectivity index (χ2n) is 19.2. The molecule has 404 valence electrons. The van der Waals surface area contributed by atoms with Crippen LogP contribution in [0.4, 0.5) is 0 Å². The van der Waals surface area contributed by atoms with Crippen molar-refractivity contribution in [2.24, 2.45) is 0 Å². The van der Waals surface area contributed by atoms with Crippen LogP contribution < -0.4 is 0 Å². The third kappa shape index (κ3) is 56.9. The quantitative estimate of drug-likeness (QED) is 0.0261. The molecule has 0 aromatic carbocycles. The highest BCUT2D eigenvalue weighted by Crippen LogP contribution is 2.14. The Morgan fingerprint density at radius 2 is 0.549 bits per heavy atom. The summed E-state index contributed by atoms with van der Waals surface area (Å²) in [4.78, 5) is 38.2. The second kappa shape index (κ2) is 58.6. The third-order valence-corrected chi connectivity index (χ3v) is 12.2. The van der Waals surface area contributed by atoms with Gasteiger partial charge in [-0.15, -0.1) is 0 Å². The van der Waals surface area contributed by atoms with E-state index in [9.17, 15) is 14.4 Å². The van der Waals surface area contributed by atoms with E-state index in [-0.39, 0.29) is 31.1 Å². The van der Waals surface area contributed by atoms with Gasteiger partial charge in [0, 0.05) is 19.3 Å². The summed E-state index contributed by atoms with van der Waals surface area (Å²) in [5.74, 6) is -0.934. The maximum Gasteiger partial charge on any atom is 0.306 e. The molecule has 0 saturated carbocycles. The highest BCUT2D eigenvalue weighted by molar-refractivity contribution is 5.71. The first-order valence-electron chi connectivity index (χ1n) is 29.4. The predicted molar refractivity (Wildman–Crippen MR) is 307 cm³/mol. The number of carbonyl (C=O) groups is 3.